The van der Waals surface area contributed by atoms with Gasteiger partial charge >= 0.3 is 0 Å². The molecule has 0 aromatic heterocycles. The summed E-state index contributed by atoms with van der Waals surface area (Å²) in [6.07, 6.45) is 2.04. The van der Waals surface area contributed by atoms with E-state index in [0.717, 1.165) is 12.0 Å². The minimum atomic E-state index is -0.613. The lowest BCUT2D eigenvalue weighted by Gasteiger charge is -2.31. The van der Waals surface area contributed by atoms with Crippen LogP contribution in [0.1, 0.15) is 44.2 Å². The molecule has 0 radical (unpaired) electrons. The first-order valence-corrected chi connectivity index (χ1v) is 11.6. The molecule has 1 heterocycles. The van der Waals surface area contributed by atoms with Crippen molar-refractivity contribution in [2.75, 3.05) is 13.3 Å². The molecule has 0 bridgehead atoms. The van der Waals surface area contributed by atoms with E-state index in [9.17, 15) is 9.59 Å². The molecule has 172 valence electrons. The lowest BCUT2D eigenvalue weighted by molar-refractivity contribution is -0.141. The van der Waals surface area contributed by atoms with Gasteiger partial charge in [-0.15, -0.1) is 0 Å². The number of carbonyl (C=O) groups is 2. The summed E-state index contributed by atoms with van der Waals surface area (Å²) in [5.41, 5.74) is 1.59. The molecular weight excluding hydrogens is 451 g/mol. The molecule has 8 heteroatoms. The highest BCUT2D eigenvalue weighted by Gasteiger charge is 2.29. The lowest BCUT2D eigenvalue weighted by Crippen LogP contribution is -2.49. The molecule has 0 fully saturated rings. The Labute approximate surface area is 198 Å². The Morgan fingerprint density at radius 2 is 1.81 bits per heavy atom. The second-order valence-corrected chi connectivity index (χ2v) is 8.44. The molecule has 0 saturated carbocycles. The predicted octanol–water partition coefficient (Wildman–Crippen LogP) is 4.99. The first-order valence-electron chi connectivity index (χ1n) is 10.8. The Hall–Kier alpha value is -2.44. The first-order chi connectivity index (χ1) is 15.4. The van der Waals surface area contributed by atoms with Gasteiger partial charge in [0.2, 0.25) is 18.6 Å². The highest BCUT2D eigenvalue weighted by molar-refractivity contribution is 6.36. The summed E-state index contributed by atoms with van der Waals surface area (Å²) in [6, 6.07) is 10.3. The summed E-state index contributed by atoms with van der Waals surface area (Å²) in [5.74, 6) is 1.07. The van der Waals surface area contributed by atoms with Gasteiger partial charge in [-0.05, 0) is 49.1 Å². The molecule has 2 amide bonds. The number of amides is 2. The Bertz CT molecular complexity index is 947. The van der Waals surface area contributed by atoms with Gasteiger partial charge in [-0.25, -0.2) is 0 Å². The van der Waals surface area contributed by atoms with Crippen molar-refractivity contribution in [3.05, 3.63) is 57.6 Å². The third-order valence-electron chi connectivity index (χ3n) is 5.39. The molecule has 1 aliphatic rings. The van der Waals surface area contributed by atoms with Crippen molar-refractivity contribution in [1.82, 2.24) is 10.2 Å². The average Bonchev–Trinajstić information content (AvgIpc) is 3.25. The van der Waals surface area contributed by atoms with Gasteiger partial charge in [0.15, 0.2) is 11.5 Å². The molecule has 1 aliphatic heterocycles. The molecule has 0 saturated heterocycles. The lowest BCUT2D eigenvalue weighted by atomic mass is 10.1. The van der Waals surface area contributed by atoms with E-state index in [4.69, 9.17) is 32.7 Å². The maximum Gasteiger partial charge on any atom is 0.242 e. The number of hydrogen-bond acceptors (Lipinski definition) is 4. The number of nitrogens with one attached hydrogen (secondary N) is 1. The van der Waals surface area contributed by atoms with Crippen molar-refractivity contribution in [3.63, 3.8) is 0 Å². The summed E-state index contributed by atoms with van der Waals surface area (Å²) >= 11 is 12.7. The van der Waals surface area contributed by atoms with Crippen molar-refractivity contribution < 1.29 is 19.1 Å². The highest BCUT2D eigenvalue weighted by Crippen LogP contribution is 2.33. The number of ether oxygens (including phenoxy) is 2. The van der Waals surface area contributed by atoms with Crippen LogP contribution in [-0.2, 0) is 22.6 Å². The first kappa shape index (κ1) is 24.2. The van der Waals surface area contributed by atoms with Gasteiger partial charge in [-0.1, -0.05) is 49.2 Å². The van der Waals surface area contributed by atoms with Gasteiger partial charge < -0.3 is 19.7 Å². The van der Waals surface area contributed by atoms with Crippen LogP contribution in [0, 0.1) is 0 Å². The standard InChI is InChI=1S/C24H28Cl2N2O4/c1-3-12-27-24(30)20(4-2)28(14-17-18(25)6-5-7-19(17)26)23(29)11-9-16-8-10-21-22(13-16)32-15-31-21/h5-8,10,13,20H,3-4,9,11-12,14-15H2,1-2H3,(H,27,30). The molecule has 6 nitrogen and oxygen atoms in total. The third kappa shape index (κ3) is 5.87. The van der Waals surface area contributed by atoms with Crippen LogP contribution in [0.5, 0.6) is 11.5 Å². The average molecular weight is 479 g/mol. The van der Waals surface area contributed by atoms with Crippen LogP contribution < -0.4 is 14.8 Å². The van der Waals surface area contributed by atoms with E-state index >= 15 is 0 Å². The second kappa shape index (κ2) is 11.4. The monoisotopic (exact) mass is 478 g/mol. The number of benzene rings is 2. The van der Waals surface area contributed by atoms with Gasteiger partial charge in [-0.2, -0.15) is 0 Å². The summed E-state index contributed by atoms with van der Waals surface area (Å²) in [4.78, 5) is 27.8. The second-order valence-electron chi connectivity index (χ2n) is 7.62. The summed E-state index contributed by atoms with van der Waals surface area (Å²) in [6.45, 7) is 4.80. The SMILES string of the molecule is CCCNC(=O)C(CC)N(Cc1c(Cl)cccc1Cl)C(=O)CCc1ccc2c(c1)OCO2. The molecule has 3 rings (SSSR count). The van der Waals surface area contributed by atoms with Crippen LogP contribution in [0.25, 0.3) is 0 Å². The predicted molar refractivity (Wildman–Crippen MR) is 125 cm³/mol. The van der Waals surface area contributed by atoms with Crippen LogP contribution in [0.3, 0.4) is 0 Å². The zero-order valence-corrected chi connectivity index (χ0v) is 19.8. The molecule has 2 aromatic rings. The topological polar surface area (TPSA) is 67.9 Å². The van der Waals surface area contributed by atoms with E-state index in [1.54, 1.807) is 23.1 Å². The van der Waals surface area contributed by atoms with Crippen molar-refractivity contribution in [3.8, 4) is 11.5 Å². The van der Waals surface area contributed by atoms with Crippen LogP contribution in [0.15, 0.2) is 36.4 Å². The normalized spacial score (nSPS) is 13.0. The fraction of sp³-hybridized carbons (Fsp3) is 0.417. The molecule has 1 unspecified atom stereocenters. The van der Waals surface area contributed by atoms with Gasteiger partial charge in [0.25, 0.3) is 0 Å². The summed E-state index contributed by atoms with van der Waals surface area (Å²) in [5, 5.41) is 3.84. The fourth-order valence-electron chi connectivity index (χ4n) is 3.63. The molecule has 32 heavy (non-hydrogen) atoms. The number of nitrogens with zero attached hydrogens (tertiary/aromatic N) is 1. The Kier molecular flexibility index (Phi) is 8.65. The maximum atomic E-state index is 13.4. The van der Waals surface area contributed by atoms with E-state index in [1.165, 1.54) is 0 Å². The Morgan fingerprint density at radius 1 is 1.09 bits per heavy atom. The zero-order valence-electron chi connectivity index (χ0n) is 18.3. The van der Waals surface area contributed by atoms with Gasteiger partial charge in [0.1, 0.15) is 6.04 Å². The largest absolute Gasteiger partial charge is 0.454 e. The van der Waals surface area contributed by atoms with E-state index in [1.807, 2.05) is 32.0 Å². The summed E-state index contributed by atoms with van der Waals surface area (Å²) in [7, 11) is 0. The van der Waals surface area contributed by atoms with Crippen molar-refractivity contribution in [1.29, 1.82) is 0 Å². The zero-order chi connectivity index (χ0) is 23.1. The van der Waals surface area contributed by atoms with Gasteiger partial charge in [0.05, 0.1) is 0 Å². The fourth-order valence-corrected chi connectivity index (χ4v) is 4.15. The van der Waals surface area contributed by atoms with Crippen LogP contribution in [-0.4, -0.2) is 36.1 Å². The highest BCUT2D eigenvalue weighted by atomic mass is 35.5. The Morgan fingerprint density at radius 3 is 2.50 bits per heavy atom. The van der Waals surface area contributed by atoms with Gasteiger partial charge in [-0.3, -0.25) is 9.59 Å². The van der Waals surface area contributed by atoms with Crippen molar-refractivity contribution in [2.45, 2.75) is 52.1 Å². The quantitative estimate of drug-likeness (QED) is 0.522. The molecule has 1 atom stereocenters. The van der Waals surface area contributed by atoms with Crippen LogP contribution in [0.4, 0.5) is 0 Å². The molecular formula is C24H28Cl2N2O4. The number of rotatable bonds is 10. The van der Waals surface area contributed by atoms with Gasteiger partial charge in [0, 0.05) is 35.1 Å². The minimum absolute atomic E-state index is 0.142. The Balaban J connectivity index is 1.79. The van der Waals surface area contributed by atoms with E-state index in [0.29, 0.717) is 46.5 Å². The summed E-state index contributed by atoms with van der Waals surface area (Å²) < 4.78 is 10.8. The minimum Gasteiger partial charge on any atom is -0.454 e. The number of fused-ring (bicyclic) bond motifs is 1. The third-order valence-corrected chi connectivity index (χ3v) is 6.10. The number of hydrogen-bond donors (Lipinski definition) is 1. The van der Waals surface area contributed by atoms with E-state index < -0.39 is 6.04 Å². The maximum absolute atomic E-state index is 13.4. The smallest absolute Gasteiger partial charge is 0.242 e. The number of carbonyl (C=O) groups excluding carboxylic acids is 2. The number of aryl methyl sites for hydroxylation is 1. The molecule has 0 spiro atoms. The van der Waals surface area contributed by atoms with E-state index in [2.05, 4.69) is 5.32 Å². The molecule has 2 aromatic carbocycles. The molecule has 1 N–H and O–H groups in total. The molecule has 0 aliphatic carbocycles. The van der Waals surface area contributed by atoms with E-state index in [-0.39, 0.29) is 31.6 Å². The van der Waals surface area contributed by atoms with Crippen molar-refractivity contribution in [2.24, 2.45) is 0 Å². The van der Waals surface area contributed by atoms with Crippen LogP contribution in [0.2, 0.25) is 10.0 Å². The van der Waals surface area contributed by atoms with Crippen LogP contribution >= 0.6 is 23.2 Å². The number of halogens is 2. The van der Waals surface area contributed by atoms with Crippen molar-refractivity contribution >= 4 is 35.0 Å².